The minimum atomic E-state index is 0.0688. The van der Waals surface area contributed by atoms with Crippen molar-refractivity contribution in [2.45, 2.75) is 11.0 Å². The van der Waals surface area contributed by atoms with Crippen molar-refractivity contribution >= 4 is 17.7 Å². The Balaban J connectivity index is 1.66. The molecule has 0 saturated carbocycles. The number of ether oxygens (including phenoxy) is 1. The van der Waals surface area contributed by atoms with Crippen LogP contribution < -0.4 is 5.32 Å². The first-order chi connectivity index (χ1) is 7.34. The molecule has 1 atom stereocenters. The highest BCUT2D eigenvalue weighted by Gasteiger charge is 2.22. The summed E-state index contributed by atoms with van der Waals surface area (Å²) >= 11 is 1.55. The molecule has 2 rings (SSSR count). The largest absolute Gasteiger partial charge is 0.371 e. The number of carbonyl (C=O) groups excluding carboxylic acids is 1. The standard InChI is InChI=1S/C11H13NO2S/c13-11(12-6-9-7-14-9)8-15-10-4-2-1-3-5-10/h1-5,9H,6-8H2,(H,12,13)/t9-/m0/s1. The van der Waals surface area contributed by atoms with Gasteiger partial charge in [0.1, 0.15) is 0 Å². The maximum Gasteiger partial charge on any atom is 0.230 e. The van der Waals surface area contributed by atoms with Gasteiger partial charge in [-0.15, -0.1) is 11.8 Å². The van der Waals surface area contributed by atoms with Crippen LogP contribution in [0.15, 0.2) is 35.2 Å². The molecule has 1 fully saturated rings. The van der Waals surface area contributed by atoms with Gasteiger partial charge in [0.15, 0.2) is 0 Å². The molecule has 1 saturated heterocycles. The Bertz CT molecular complexity index is 325. The highest BCUT2D eigenvalue weighted by atomic mass is 32.2. The molecule has 0 aromatic heterocycles. The summed E-state index contributed by atoms with van der Waals surface area (Å²) in [6, 6.07) is 9.91. The lowest BCUT2D eigenvalue weighted by atomic mass is 10.4. The second kappa shape index (κ2) is 5.19. The number of amides is 1. The van der Waals surface area contributed by atoms with Gasteiger partial charge >= 0.3 is 0 Å². The van der Waals surface area contributed by atoms with Crippen molar-refractivity contribution in [3.8, 4) is 0 Å². The zero-order valence-electron chi connectivity index (χ0n) is 8.31. The number of hydrogen-bond acceptors (Lipinski definition) is 3. The Labute approximate surface area is 93.2 Å². The van der Waals surface area contributed by atoms with Gasteiger partial charge in [-0.05, 0) is 12.1 Å². The molecule has 1 aliphatic heterocycles. The first kappa shape index (κ1) is 10.5. The summed E-state index contributed by atoms with van der Waals surface area (Å²) in [5.41, 5.74) is 0. The van der Waals surface area contributed by atoms with Gasteiger partial charge in [0, 0.05) is 11.4 Å². The van der Waals surface area contributed by atoms with E-state index in [1.807, 2.05) is 30.3 Å². The van der Waals surface area contributed by atoms with Gasteiger partial charge in [-0.25, -0.2) is 0 Å². The molecule has 3 nitrogen and oxygen atoms in total. The molecule has 0 aliphatic carbocycles. The van der Waals surface area contributed by atoms with Gasteiger partial charge in [-0.2, -0.15) is 0 Å². The number of nitrogens with one attached hydrogen (secondary N) is 1. The highest BCUT2D eigenvalue weighted by Crippen LogP contribution is 2.16. The molecule has 1 heterocycles. The van der Waals surface area contributed by atoms with Gasteiger partial charge in [-0.3, -0.25) is 4.79 Å². The third-order valence-corrected chi connectivity index (χ3v) is 3.05. The van der Waals surface area contributed by atoms with Crippen LogP contribution in [0.4, 0.5) is 0 Å². The maximum atomic E-state index is 11.4. The Morgan fingerprint density at radius 2 is 2.20 bits per heavy atom. The van der Waals surface area contributed by atoms with Crippen molar-refractivity contribution in [3.05, 3.63) is 30.3 Å². The molecular weight excluding hydrogens is 210 g/mol. The molecule has 1 aliphatic rings. The monoisotopic (exact) mass is 223 g/mol. The molecule has 15 heavy (non-hydrogen) atoms. The Morgan fingerprint density at radius 1 is 1.47 bits per heavy atom. The number of epoxide rings is 1. The fourth-order valence-corrected chi connectivity index (χ4v) is 1.88. The Morgan fingerprint density at radius 3 is 2.87 bits per heavy atom. The predicted molar refractivity (Wildman–Crippen MR) is 59.9 cm³/mol. The Hall–Kier alpha value is -1.00. The molecule has 0 bridgehead atoms. The van der Waals surface area contributed by atoms with Crippen molar-refractivity contribution in [1.82, 2.24) is 5.32 Å². The van der Waals surface area contributed by atoms with E-state index in [0.29, 0.717) is 12.3 Å². The lowest BCUT2D eigenvalue weighted by Crippen LogP contribution is -2.28. The minimum Gasteiger partial charge on any atom is -0.371 e. The van der Waals surface area contributed by atoms with Crippen LogP contribution in [0.2, 0.25) is 0 Å². The summed E-state index contributed by atoms with van der Waals surface area (Å²) in [4.78, 5) is 12.5. The molecule has 0 unspecified atom stereocenters. The fraction of sp³-hybridized carbons (Fsp3) is 0.364. The summed E-state index contributed by atoms with van der Waals surface area (Å²) in [5, 5.41) is 2.83. The third kappa shape index (κ3) is 3.93. The zero-order chi connectivity index (χ0) is 10.5. The molecule has 1 N–H and O–H groups in total. The Kier molecular flexibility index (Phi) is 3.64. The summed E-state index contributed by atoms with van der Waals surface area (Å²) in [5.74, 6) is 0.538. The third-order valence-electron chi connectivity index (χ3n) is 2.04. The van der Waals surface area contributed by atoms with E-state index < -0.39 is 0 Å². The van der Waals surface area contributed by atoms with Crippen LogP contribution in [-0.4, -0.2) is 30.9 Å². The van der Waals surface area contributed by atoms with Crippen LogP contribution >= 0.6 is 11.8 Å². The summed E-state index contributed by atoms with van der Waals surface area (Å²) < 4.78 is 5.00. The molecule has 1 amide bonds. The number of hydrogen-bond donors (Lipinski definition) is 1. The van der Waals surface area contributed by atoms with E-state index in [0.717, 1.165) is 11.5 Å². The minimum absolute atomic E-state index is 0.0688. The highest BCUT2D eigenvalue weighted by molar-refractivity contribution is 8.00. The van der Waals surface area contributed by atoms with E-state index in [1.54, 1.807) is 11.8 Å². The molecule has 4 heteroatoms. The van der Waals surface area contributed by atoms with E-state index in [-0.39, 0.29) is 12.0 Å². The van der Waals surface area contributed by atoms with E-state index in [1.165, 1.54) is 0 Å². The maximum absolute atomic E-state index is 11.4. The first-order valence-electron chi connectivity index (χ1n) is 4.91. The second-order valence-electron chi connectivity index (χ2n) is 3.36. The summed E-state index contributed by atoms with van der Waals surface area (Å²) in [6.07, 6.45) is 0.260. The van der Waals surface area contributed by atoms with Gasteiger partial charge in [0.25, 0.3) is 0 Å². The van der Waals surface area contributed by atoms with Crippen LogP contribution in [-0.2, 0) is 9.53 Å². The molecule has 0 spiro atoms. The number of thioether (sulfide) groups is 1. The average molecular weight is 223 g/mol. The van der Waals surface area contributed by atoms with E-state index in [9.17, 15) is 4.79 Å². The number of carbonyl (C=O) groups is 1. The van der Waals surface area contributed by atoms with Crippen LogP contribution in [0.5, 0.6) is 0 Å². The van der Waals surface area contributed by atoms with Crippen molar-refractivity contribution in [2.75, 3.05) is 18.9 Å². The summed E-state index contributed by atoms with van der Waals surface area (Å²) in [6.45, 7) is 1.43. The van der Waals surface area contributed by atoms with Gasteiger partial charge < -0.3 is 10.1 Å². The quantitative estimate of drug-likeness (QED) is 0.604. The zero-order valence-corrected chi connectivity index (χ0v) is 9.13. The smallest absolute Gasteiger partial charge is 0.230 e. The van der Waals surface area contributed by atoms with Crippen LogP contribution in [0.1, 0.15) is 0 Å². The van der Waals surface area contributed by atoms with Crippen LogP contribution in [0.3, 0.4) is 0 Å². The van der Waals surface area contributed by atoms with E-state index in [2.05, 4.69) is 5.32 Å². The average Bonchev–Trinajstić information content (AvgIpc) is 3.09. The van der Waals surface area contributed by atoms with Crippen molar-refractivity contribution < 1.29 is 9.53 Å². The van der Waals surface area contributed by atoms with Gasteiger partial charge in [0.2, 0.25) is 5.91 Å². The van der Waals surface area contributed by atoms with Crippen molar-refractivity contribution in [1.29, 1.82) is 0 Å². The summed E-state index contributed by atoms with van der Waals surface area (Å²) in [7, 11) is 0. The SMILES string of the molecule is O=C(CSc1ccccc1)NC[C@H]1CO1. The van der Waals surface area contributed by atoms with Crippen molar-refractivity contribution in [3.63, 3.8) is 0 Å². The predicted octanol–water partition coefficient (Wildman–Crippen LogP) is 1.29. The molecule has 0 radical (unpaired) electrons. The van der Waals surface area contributed by atoms with E-state index >= 15 is 0 Å². The first-order valence-corrected chi connectivity index (χ1v) is 5.89. The topological polar surface area (TPSA) is 41.6 Å². The van der Waals surface area contributed by atoms with Crippen LogP contribution in [0, 0.1) is 0 Å². The fourth-order valence-electron chi connectivity index (χ4n) is 1.13. The number of rotatable bonds is 5. The molecule has 1 aromatic rings. The molecule has 1 aromatic carbocycles. The molecular formula is C11H13NO2S. The lowest BCUT2D eigenvalue weighted by molar-refractivity contribution is -0.118. The van der Waals surface area contributed by atoms with E-state index in [4.69, 9.17) is 4.74 Å². The lowest BCUT2D eigenvalue weighted by Gasteiger charge is -2.02. The van der Waals surface area contributed by atoms with Crippen LogP contribution in [0.25, 0.3) is 0 Å². The van der Waals surface area contributed by atoms with Crippen molar-refractivity contribution in [2.24, 2.45) is 0 Å². The molecule has 80 valence electrons. The normalized spacial score (nSPS) is 18.5. The van der Waals surface area contributed by atoms with Gasteiger partial charge in [0.05, 0.1) is 18.5 Å². The van der Waals surface area contributed by atoms with Gasteiger partial charge in [-0.1, -0.05) is 18.2 Å². The second-order valence-corrected chi connectivity index (χ2v) is 4.41. The number of benzene rings is 1.